The SMILES string of the molecule is Cc1ccc(NC(=O)Cc2nnc(NC(=O)Nc3ccc(Cl)cc3Cl)s2)cc1. The van der Waals surface area contributed by atoms with Gasteiger partial charge in [0.05, 0.1) is 17.1 Å². The van der Waals surface area contributed by atoms with E-state index in [1.165, 1.54) is 6.07 Å². The minimum atomic E-state index is -0.531. The fourth-order valence-electron chi connectivity index (χ4n) is 2.20. The molecule has 2 aromatic carbocycles. The first-order chi connectivity index (χ1) is 13.4. The van der Waals surface area contributed by atoms with Crippen LogP contribution in [0.1, 0.15) is 10.6 Å². The van der Waals surface area contributed by atoms with Gasteiger partial charge in [0, 0.05) is 10.7 Å². The van der Waals surface area contributed by atoms with Crippen LogP contribution in [0.25, 0.3) is 0 Å². The van der Waals surface area contributed by atoms with Crippen molar-refractivity contribution in [3.8, 4) is 0 Å². The van der Waals surface area contributed by atoms with Crippen molar-refractivity contribution < 1.29 is 9.59 Å². The van der Waals surface area contributed by atoms with Crippen LogP contribution in [-0.4, -0.2) is 22.1 Å². The van der Waals surface area contributed by atoms with Gasteiger partial charge in [-0.15, -0.1) is 10.2 Å². The molecule has 10 heteroatoms. The third-order valence-electron chi connectivity index (χ3n) is 3.51. The number of carbonyl (C=O) groups excluding carboxylic acids is 2. The maximum absolute atomic E-state index is 12.1. The predicted octanol–water partition coefficient (Wildman–Crippen LogP) is 4.98. The second-order valence-corrected chi connectivity index (χ2v) is 7.70. The van der Waals surface area contributed by atoms with Crippen LogP contribution < -0.4 is 16.0 Å². The molecule has 1 aromatic heterocycles. The number of nitrogens with one attached hydrogen (secondary N) is 3. The molecule has 0 spiro atoms. The van der Waals surface area contributed by atoms with Crippen LogP contribution in [0.15, 0.2) is 42.5 Å². The van der Waals surface area contributed by atoms with Crippen molar-refractivity contribution in [2.45, 2.75) is 13.3 Å². The van der Waals surface area contributed by atoms with E-state index in [-0.39, 0.29) is 17.5 Å². The number of aryl methyl sites for hydroxylation is 1. The Kier molecular flexibility index (Phi) is 6.45. The molecule has 0 aliphatic heterocycles. The molecule has 3 N–H and O–H groups in total. The quantitative estimate of drug-likeness (QED) is 0.526. The zero-order chi connectivity index (χ0) is 20.1. The van der Waals surface area contributed by atoms with Gasteiger partial charge in [-0.3, -0.25) is 10.1 Å². The molecule has 0 aliphatic rings. The van der Waals surface area contributed by atoms with E-state index in [1.807, 2.05) is 31.2 Å². The molecule has 0 radical (unpaired) electrons. The Labute approximate surface area is 175 Å². The number of aromatic nitrogens is 2. The Bertz CT molecular complexity index is 1010. The lowest BCUT2D eigenvalue weighted by atomic mass is 10.2. The standard InChI is InChI=1S/C18H15Cl2N5O2S/c1-10-2-5-12(6-3-10)21-15(26)9-16-24-25-18(28-16)23-17(27)22-14-7-4-11(19)8-13(14)20/h2-8H,9H2,1H3,(H,21,26)(H2,22,23,25,27). The average Bonchev–Trinajstić information content (AvgIpc) is 3.06. The molecule has 7 nitrogen and oxygen atoms in total. The van der Waals surface area contributed by atoms with Gasteiger partial charge in [-0.25, -0.2) is 4.79 Å². The Hall–Kier alpha value is -2.68. The highest BCUT2D eigenvalue weighted by Gasteiger charge is 2.13. The first kappa shape index (κ1) is 20.1. The number of hydrogen-bond acceptors (Lipinski definition) is 5. The maximum atomic E-state index is 12.1. The largest absolute Gasteiger partial charge is 0.326 e. The molecule has 28 heavy (non-hydrogen) atoms. The van der Waals surface area contributed by atoms with E-state index < -0.39 is 6.03 Å². The van der Waals surface area contributed by atoms with Gasteiger partial charge in [0.2, 0.25) is 11.0 Å². The Morgan fingerprint density at radius 1 is 1.00 bits per heavy atom. The summed E-state index contributed by atoms with van der Waals surface area (Å²) in [6, 6.07) is 11.7. The summed E-state index contributed by atoms with van der Waals surface area (Å²) >= 11 is 13.0. The molecular formula is C18H15Cl2N5O2S. The van der Waals surface area contributed by atoms with E-state index >= 15 is 0 Å². The van der Waals surface area contributed by atoms with Crippen LogP contribution in [0.5, 0.6) is 0 Å². The van der Waals surface area contributed by atoms with Crippen molar-refractivity contribution in [1.29, 1.82) is 0 Å². The van der Waals surface area contributed by atoms with Gasteiger partial charge in [0.1, 0.15) is 5.01 Å². The highest BCUT2D eigenvalue weighted by Crippen LogP contribution is 2.25. The van der Waals surface area contributed by atoms with Crippen LogP contribution in [-0.2, 0) is 11.2 Å². The molecule has 0 unspecified atom stereocenters. The van der Waals surface area contributed by atoms with E-state index in [1.54, 1.807) is 12.1 Å². The molecule has 0 aliphatic carbocycles. The number of halogens is 2. The van der Waals surface area contributed by atoms with Crippen molar-refractivity contribution >= 4 is 63.0 Å². The summed E-state index contributed by atoms with van der Waals surface area (Å²) in [5.74, 6) is -0.219. The second-order valence-electron chi connectivity index (χ2n) is 5.80. The predicted molar refractivity (Wildman–Crippen MR) is 113 cm³/mol. The number of benzene rings is 2. The van der Waals surface area contributed by atoms with E-state index in [9.17, 15) is 9.59 Å². The Morgan fingerprint density at radius 2 is 1.75 bits per heavy atom. The number of carbonyl (C=O) groups is 2. The average molecular weight is 436 g/mol. The van der Waals surface area contributed by atoms with Crippen molar-refractivity contribution in [3.05, 3.63) is 63.1 Å². The lowest BCUT2D eigenvalue weighted by Crippen LogP contribution is -2.19. The van der Waals surface area contributed by atoms with Crippen molar-refractivity contribution in [1.82, 2.24) is 10.2 Å². The summed E-state index contributed by atoms with van der Waals surface area (Å²) in [7, 11) is 0. The van der Waals surface area contributed by atoms with Crippen molar-refractivity contribution in [2.75, 3.05) is 16.0 Å². The molecule has 0 fully saturated rings. The van der Waals surface area contributed by atoms with E-state index in [0.29, 0.717) is 26.4 Å². The molecule has 0 saturated carbocycles. The fourth-order valence-corrected chi connectivity index (χ4v) is 3.39. The summed E-state index contributed by atoms with van der Waals surface area (Å²) in [5.41, 5.74) is 2.22. The lowest BCUT2D eigenvalue weighted by molar-refractivity contribution is -0.115. The third kappa shape index (κ3) is 5.66. The zero-order valence-electron chi connectivity index (χ0n) is 14.6. The van der Waals surface area contributed by atoms with Crippen LogP contribution in [0.4, 0.5) is 21.3 Å². The van der Waals surface area contributed by atoms with E-state index in [0.717, 1.165) is 16.9 Å². The molecule has 144 valence electrons. The molecule has 1 heterocycles. The molecular weight excluding hydrogens is 421 g/mol. The number of nitrogens with zero attached hydrogens (tertiary/aromatic N) is 2. The molecule has 3 rings (SSSR count). The molecule has 3 amide bonds. The highest BCUT2D eigenvalue weighted by molar-refractivity contribution is 7.15. The number of urea groups is 1. The van der Waals surface area contributed by atoms with Gasteiger partial charge < -0.3 is 10.6 Å². The number of amides is 3. The van der Waals surface area contributed by atoms with Crippen LogP contribution >= 0.6 is 34.5 Å². The van der Waals surface area contributed by atoms with Crippen LogP contribution in [0, 0.1) is 6.92 Å². The van der Waals surface area contributed by atoms with Crippen molar-refractivity contribution in [2.24, 2.45) is 0 Å². The first-order valence-electron chi connectivity index (χ1n) is 8.11. The number of hydrogen-bond donors (Lipinski definition) is 3. The summed E-state index contributed by atoms with van der Waals surface area (Å²) in [6.45, 7) is 1.97. The highest BCUT2D eigenvalue weighted by atomic mass is 35.5. The molecule has 0 atom stereocenters. The number of rotatable bonds is 5. The minimum absolute atomic E-state index is 0.0534. The van der Waals surface area contributed by atoms with Gasteiger partial charge in [0.25, 0.3) is 0 Å². The maximum Gasteiger partial charge on any atom is 0.325 e. The third-order valence-corrected chi connectivity index (χ3v) is 4.90. The number of anilines is 3. The van der Waals surface area contributed by atoms with Gasteiger partial charge in [-0.2, -0.15) is 0 Å². The van der Waals surface area contributed by atoms with Crippen molar-refractivity contribution in [3.63, 3.8) is 0 Å². The summed E-state index contributed by atoms with van der Waals surface area (Å²) in [5, 5.41) is 17.2. The molecule has 3 aromatic rings. The summed E-state index contributed by atoms with van der Waals surface area (Å²) in [6.07, 6.45) is 0.0534. The van der Waals surface area contributed by atoms with Gasteiger partial charge in [-0.1, -0.05) is 52.2 Å². The lowest BCUT2D eigenvalue weighted by Gasteiger charge is -2.07. The minimum Gasteiger partial charge on any atom is -0.326 e. The normalized spacial score (nSPS) is 10.4. The smallest absolute Gasteiger partial charge is 0.325 e. The van der Waals surface area contributed by atoms with E-state index in [2.05, 4.69) is 26.1 Å². The topological polar surface area (TPSA) is 96.0 Å². The summed E-state index contributed by atoms with van der Waals surface area (Å²) < 4.78 is 0. The monoisotopic (exact) mass is 435 g/mol. The molecule has 0 saturated heterocycles. The second kappa shape index (κ2) is 9.01. The van der Waals surface area contributed by atoms with Gasteiger partial charge in [-0.05, 0) is 37.3 Å². The molecule has 0 bridgehead atoms. The van der Waals surface area contributed by atoms with Gasteiger partial charge in [0.15, 0.2) is 0 Å². The Morgan fingerprint density at radius 3 is 2.46 bits per heavy atom. The fraction of sp³-hybridized carbons (Fsp3) is 0.111. The Balaban J connectivity index is 1.53. The van der Waals surface area contributed by atoms with E-state index in [4.69, 9.17) is 23.2 Å². The van der Waals surface area contributed by atoms with Gasteiger partial charge >= 0.3 is 6.03 Å². The zero-order valence-corrected chi connectivity index (χ0v) is 17.0. The summed E-state index contributed by atoms with van der Waals surface area (Å²) in [4.78, 5) is 24.2. The first-order valence-corrected chi connectivity index (χ1v) is 9.68. The van der Waals surface area contributed by atoms with Crippen LogP contribution in [0.3, 0.4) is 0 Å². The van der Waals surface area contributed by atoms with Crippen LogP contribution in [0.2, 0.25) is 10.0 Å².